The molecule has 0 radical (unpaired) electrons. The Balaban J connectivity index is 2.04. The van der Waals surface area contributed by atoms with Crippen LogP contribution in [0.15, 0.2) is 36.5 Å². The molecule has 1 aromatic heterocycles. The second-order valence-corrected chi connectivity index (χ2v) is 4.10. The molecule has 0 saturated heterocycles. The molecule has 2 aromatic rings. The highest BCUT2D eigenvalue weighted by atomic mass is 35.5. The van der Waals surface area contributed by atoms with E-state index in [1.165, 1.54) is 0 Å². The number of nitrogens with one attached hydrogen (secondary N) is 1. The van der Waals surface area contributed by atoms with Gasteiger partial charge in [0.15, 0.2) is 0 Å². The van der Waals surface area contributed by atoms with Gasteiger partial charge in [-0.2, -0.15) is 0 Å². The summed E-state index contributed by atoms with van der Waals surface area (Å²) in [6.07, 6.45) is 1.67. The molecule has 0 amide bonds. The van der Waals surface area contributed by atoms with E-state index in [-0.39, 0.29) is 5.75 Å². The fourth-order valence-corrected chi connectivity index (χ4v) is 1.70. The van der Waals surface area contributed by atoms with Gasteiger partial charge in [0.05, 0.1) is 24.0 Å². The second kappa shape index (κ2) is 5.60. The van der Waals surface area contributed by atoms with Gasteiger partial charge in [0.2, 0.25) is 5.88 Å². The van der Waals surface area contributed by atoms with Gasteiger partial charge in [0.25, 0.3) is 0 Å². The minimum absolute atomic E-state index is 0.105. The predicted octanol–water partition coefficient (Wildman–Crippen LogP) is 3.06. The Morgan fingerprint density at radius 1 is 1.33 bits per heavy atom. The maximum atomic E-state index is 9.75. The van der Waals surface area contributed by atoms with E-state index in [4.69, 9.17) is 16.3 Å². The van der Waals surface area contributed by atoms with Gasteiger partial charge in [-0.05, 0) is 12.1 Å². The van der Waals surface area contributed by atoms with Crippen molar-refractivity contribution in [3.05, 3.63) is 47.1 Å². The average Bonchev–Trinajstić information content (AvgIpc) is 2.41. The second-order valence-electron chi connectivity index (χ2n) is 3.69. The Kier molecular flexibility index (Phi) is 3.89. The van der Waals surface area contributed by atoms with E-state index in [2.05, 4.69) is 10.3 Å². The number of anilines is 1. The molecule has 0 spiro atoms. The van der Waals surface area contributed by atoms with E-state index >= 15 is 0 Å². The highest BCUT2D eigenvalue weighted by Gasteiger charge is 2.04. The third kappa shape index (κ3) is 2.84. The Hall–Kier alpha value is -1.94. The summed E-state index contributed by atoms with van der Waals surface area (Å²) in [5, 5.41) is 13.2. The SMILES string of the molecule is COc1ccc(NCc2cccc(Cl)c2O)cn1. The van der Waals surface area contributed by atoms with Crippen LogP contribution in [0.1, 0.15) is 5.56 Å². The molecule has 0 bridgehead atoms. The molecule has 0 aliphatic rings. The Labute approximate surface area is 110 Å². The van der Waals surface area contributed by atoms with Crippen LogP contribution in [0.2, 0.25) is 5.02 Å². The van der Waals surface area contributed by atoms with Crippen molar-refractivity contribution in [2.45, 2.75) is 6.54 Å². The standard InChI is InChI=1S/C13H13ClN2O2/c1-18-12-6-5-10(8-16-12)15-7-9-3-2-4-11(14)13(9)17/h2-6,8,15,17H,7H2,1H3. The lowest BCUT2D eigenvalue weighted by molar-refractivity contribution is 0.398. The lowest BCUT2D eigenvalue weighted by atomic mass is 10.2. The summed E-state index contributed by atoms with van der Waals surface area (Å²) in [5.41, 5.74) is 1.58. The molecule has 0 unspecified atom stereocenters. The number of hydrogen-bond donors (Lipinski definition) is 2. The number of methoxy groups -OCH3 is 1. The third-order valence-electron chi connectivity index (χ3n) is 2.50. The first kappa shape index (κ1) is 12.5. The maximum Gasteiger partial charge on any atom is 0.213 e. The minimum Gasteiger partial charge on any atom is -0.506 e. The van der Waals surface area contributed by atoms with Crippen LogP contribution in [0.4, 0.5) is 5.69 Å². The van der Waals surface area contributed by atoms with Crippen molar-refractivity contribution in [3.8, 4) is 11.6 Å². The first-order valence-corrected chi connectivity index (χ1v) is 5.79. The zero-order chi connectivity index (χ0) is 13.0. The largest absolute Gasteiger partial charge is 0.506 e. The summed E-state index contributed by atoms with van der Waals surface area (Å²) < 4.78 is 4.97. The predicted molar refractivity (Wildman–Crippen MR) is 71.2 cm³/mol. The molecular formula is C13H13ClN2O2. The third-order valence-corrected chi connectivity index (χ3v) is 2.80. The number of pyridine rings is 1. The molecule has 1 aromatic carbocycles. The molecule has 0 saturated carbocycles. The molecule has 2 rings (SSSR count). The smallest absolute Gasteiger partial charge is 0.213 e. The van der Waals surface area contributed by atoms with Crippen LogP contribution in [0.5, 0.6) is 11.6 Å². The van der Waals surface area contributed by atoms with Crippen molar-refractivity contribution in [3.63, 3.8) is 0 Å². The molecule has 0 atom stereocenters. The summed E-state index contributed by atoms with van der Waals surface area (Å²) in [7, 11) is 1.57. The van der Waals surface area contributed by atoms with E-state index in [0.29, 0.717) is 17.4 Å². The van der Waals surface area contributed by atoms with Crippen molar-refractivity contribution < 1.29 is 9.84 Å². The number of halogens is 1. The number of aromatic nitrogens is 1. The zero-order valence-electron chi connectivity index (χ0n) is 9.85. The number of phenols is 1. The van der Waals surface area contributed by atoms with Gasteiger partial charge in [-0.3, -0.25) is 0 Å². The molecule has 18 heavy (non-hydrogen) atoms. The van der Waals surface area contributed by atoms with Crippen LogP contribution >= 0.6 is 11.6 Å². The molecule has 5 heteroatoms. The molecule has 4 nitrogen and oxygen atoms in total. The lowest BCUT2D eigenvalue weighted by Gasteiger charge is -2.09. The van der Waals surface area contributed by atoms with Gasteiger partial charge in [0.1, 0.15) is 5.75 Å². The van der Waals surface area contributed by atoms with Crippen molar-refractivity contribution in [2.75, 3.05) is 12.4 Å². The van der Waals surface area contributed by atoms with E-state index in [1.807, 2.05) is 12.1 Å². The first-order chi connectivity index (χ1) is 8.70. The van der Waals surface area contributed by atoms with Crippen molar-refractivity contribution in [2.24, 2.45) is 0 Å². The summed E-state index contributed by atoms with van der Waals surface area (Å²) in [5.74, 6) is 0.666. The fraction of sp³-hybridized carbons (Fsp3) is 0.154. The monoisotopic (exact) mass is 264 g/mol. The highest BCUT2D eigenvalue weighted by Crippen LogP contribution is 2.27. The Morgan fingerprint density at radius 2 is 2.17 bits per heavy atom. The maximum absolute atomic E-state index is 9.75. The Bertz CT molecular complexity index is 529. The van der Waals surface area contributed by atoms with Gasteiger partial charge in [-0.15, -0.1) is 0 Å². The van der Waals surface area contributed by atoms with Crippen molar-refractivity contribution >= 4 is 17.3 Å². The quantitative estimate of drug-likeness (QED) is 0.891. The highest BCUT2D eigenvalue weighted by molar-refractivity contribution is 6.32. The first-order valence-electron chi connectivity index (χ1n) is 5.41. The van der Waals surface area contributed by atoms with Gasteiger partial charge < -0.3 is 15.2 Å². The van der Waals surface area contributed by atoms with Crippen LogP contribution < -0.4 is 10.1 Å². The average molecular weight is 265 g/mol. The van der Waals surface area contributed by atoms with Crippen LogP contribution in [-0.2, 0) is 6.54 Å². The molecule has 0 aliphatic carbocycles. The van der Waals surface area contributed by atoms with Gasteiger partial charge in [0, 0.05) is 18.2 Å². The number of para-hydroxylation sites is 1. The topological polar surface area (TPSA) is 54.4 Å². The number of nitrogens with zero attached hydrogens (tertiary/aromatic N) is 1. The fourth-order valence-electron chi connectivity index (χ4n) is 1.51. The molecular weight excluding hydrogens is 252 g/mol. The number of hydrogen-bond acceptors (Lipinski definition) is 4. The van der Waals surface area contributed by atoms with E-state index in [9.17, 15) is 5.11 Å². The van der Waals surface area contributed by atoms with Crippen LogP contribution in [0, 0.1) is 0 Å². The number of benzene rings is 1. The van der Waals surface area contributed by atoms with Gasteiger partial charge >= 0.3 is 0 Å². The normalized spacial score (nSPS) is 10.1. The van der Waals surface area contributed by atoms with Crippen molar-refractivity contribution in [1.29, 1.82) is 0 Å². The number of aromatic hydroxyl groups is 1. The van der Waals surface area contributed by atoms with Crippen LogP contribution in [-0.4, -0.2) is 17.2 Å². The number of ether oxygens (including phenoxy) is 1. The van der Waals surface area contributed by atoms with Gasteiger partial charge in [-0.25, -0.2) is 4.98 Å². The molecule has 0 fully saturated rings. The van der Waals surface area contributed by atoms with E-state index < -0.39 is 0 Å². The lowest BCUT2D eigenvalue weighted by Crippen LogP contribution is -2.00. The van der Waals surface area contributed by atoms with Gasteiger partial charge in [-0.1, -0.05) is 23.7 Å². The summed E-state index contributed by atoms with van der Waals surface area (Å²) in [6.45, 7) is 0.473. The molecule has 0 aliphatic heterocycles. The molecule has 94 valence electrons. The minimum atomic E-state index is 0.105. The van der Waals surface area contributed by atoms with E-state index in [0.717, 1.165) is 11.3 Å². The summed E-state index contributed by atoms with van der Waals surface area (Å²) in [4.78, 5) is 4.08. The van der Waals surface area contributed by atoms with Crippen LogP contribution in [0.3, 0.4) is 0 Å². The number of rotatable bonds is 4. The van der Waals surface area contributed by atoms with Crippen LogP contribution in [0.25, 0.3) is 0 Å². The summed E-state index contributed by atoms with van der Waals surface area (Å²) in [6, 6.07) is 8.87. The Morgan fingerprint density at radius 3 is 2.83 bits per heavy atom. The molecule has 1 heterocycles. The molecule has 2 N–H and O–H groups in total. The summed E-state index contributed by atoms with van der Waals surface area (Å²) >= 11 is 5.83. The van der Waals surface area contributed by atoms with E-state index in [1.54, 1.807) is 31.5 Å². The number of phenolic OH excluding ortho intramolecular Hbond substituents is 1. The van der Waals surface area contributed by atoms with Crippen molar-refractivity contribution in [1.82, 2.24) is 4.98 Å². The zero-order valence-corrected chi connectivity index (χ0v) is 10.6.